The molecule has 3 aliphatic rings. The maximum absolute atomic E-state index is 13.5. The summed E-state index contributed by atoms with van der Waals surface area (Å²) in [6.07, 6.45) is 73.4. The van der Waals surface area contributed by atoms with E-state index in [-0.39, 0.29) is 18.9 Å². The SMILES string of the molecule is CCCCCCCCCC/C=C\CCCCCCCCCCCCCCCCCCCCCCCCCCCCCCCC(=O)NC(COC1OC(CO)C(OC2OC(CO)C(OC3OC(CO)C(O)C(O)C3O)C(O)C2O)C(O)C1O)C(O)/C=C/CC/C=C/CCCCCCCCCCCCCCCCCCCCCCCCCC. The second kappa shape index (κ2) is 76.6. The molecule has 17 unspecified atom stereocenters. The molecule has 12 N–H and O–H groups in total. The van der Waals surface area contributed by atoms with Gasteiger partial charge in [-0.2, -0.15) is 0 Å². The Morgan fingerprint density at radius 1 is 0.302 bits per heavy atom. The van der Waals surface area contributed by atoms with E-state index in [9.17, 15) is 61.0 Å². The van der Waals surface area contributed by atoms with Crippen molar-refractivity contribution in [1.29, 1.82) is 0 Å². The first-order valence-electron chi connectivity index (χ1n) is 49.2. The Kier molecular flexibility index (Phi) is 71.5. The average Bonchev–Trinajstić information content (AvgIpc) is 0.783. The highest BCUT2D eigenvalue weighted by Crippen LogP contribution is 2.34. The molecule has 3 aliphatic heterocycles. The second-order valence-electron chi connectivity index (χ2n) is 35.2. The number of rotatable bonds is 82. The predicted molar refractivity (Wildman–Crippen MR) is 471 cm³/mol. The average molecular weight is 1650 g/mol. The standard InChI is InChI=1S/C97H183NO18/c1-3-5-7-9-11-13-15-17-19-21-23-25-27-29-31-33-35-36-37-38-39-40-41-42-43-44-45-47-49-51-53-55-57-59-61-63-65-67-69-71-73-75-85(103)98-80(81(102)74-72-70-68-66-64-62-60-58-56-54-52-50-48-46-34-32-30-28-26-24-22-20-18-16-14-12-10-8-6-4-2)79-111-95-91(109)88(106)93(83(77-100)113-95)116-97-92(110)89(107)94(84(78-101)114-97)115-96-90(108)87(105)86(104)82(76-99)112-96/h21,23,64,66,72,74,80-84,86-97,99-102,104-110H,3-20,22,24-63,65,67-71,73,75-79H2,1-2H3,(H,98,103)/b23-21-,66-64+,74-72+. The van der Waals surface area contributed by atoms with E-state index in [1.54, 1.807) is 6.08 Å². The van der Waals surface area contributed by atoms with Crippen LogP contribution >= 0.6 is 0 Å². The van der Waals surface area contributed by atoms with Gasteiger partial charge in [0, 0.05) is 6.42 Å². The Hall–Kier alpha value is -1.99. The molecule has 17 atom stereocenters. The molecule has 19 nitrogen and oxygen atoms in total. The molecule has 0 spiro atoms. The molecule has 3 rings (SSSR count). The molecule has 0 aromatic rings. The number of aliphatic hydroxyl groups is 11. The van der Waals surface area contributed by atoms with E-state index < -0.39 is 124 Å². The first-order valence-corrected chi connectivity index (χ1v) is 49.2. The lowest BCUT2D eigenvalue weighted by Crippen LogP contribution is -2.66. The van der Waals surface area contributed by atoms with Crippen LogP contribution in [0, 0.1) is 0 Å². The van der Waals surface area contributed by atoms with E-state index >= 15 is 0 Å². The normalized spacial score (nSPS) is 24.6. The molecule has 19 heteroatoms. The second-order valence-corrected chi connectivity index (χ2v) is 35.2. The number of carbonyl (C=O) groups excluding carboxylic acids is 1. The van der Waals surface area contributed by atoms with Crippen LogP contribution in [-0.2, 0) is 33.2 Å². The van der Waals surface area contributed by atoms with Gasteiger partial charge in [-0.15, -0.1) is 0 Å². The monoisotopic (exact) mass is 1650 g/mol. The zero-order valence-corrected chi connectivity index (χ0v) is 74.3. The summed E-state index contributed by atoms with van der Waals surface area (Å²) in [5, 5.41) is 121. The minimum Gasteiger partial charge on any atom is -0.394 e. The van der Waals surface area contributed by atoms with Crippen LogP contribution in [0.1, 0.15) is 444 Å². The minimum atomic E-state index is -1.98. The first kappa shape index (κ1) is 108. The summed E-state index contributed by atoms with van der Waals surface area (Å²) in [7, 11) is 0. The summed E-state index contributed by atoms with van der Waals surface area (Å²) in [4.78, 5) is 13.5. The smallest absolute Gasteiger partial charge is 0.220 e. The maximum Gasteiger partial charge on any atom is 0.220 e. The highest BCUT2D eigenvalue weighted by Gasteiger charge is 2.54. The van der Waals surface area contributed by atoms with Gasteiger partial charge in [0.25, 0.3) is 0 Å². The van der Waals surface area contributed by atoms with Gasteiger partial charge in [-0.1, -0.05) is 416 Å². The van der Waals surface area contributed by atoms with Crippen LogP contribution < -0.4 is 5.32 Å². The van der Waals surface area contributed by atoms with Gasteiger partial charge in [-0.3, -0.25) is 4.79 Å². The molecule has 0 aliphatic carbocycles. The summed E-state index contributed by atoms with van der Waals surface area (Å²) in [5.74, 6) is -0.275. The number of unbranched alkanes of at least 4 members (excludes halogenated alkanes) is 62. The summed E-state index contributed by atoms with van der Waals surface area (Å²) in [6.45, 7) is 1.80. The van der Waals surface area contributed by atoms with Crippen molar-refractivity contribution in [2.24, 2.45) is 0 Å². The Morgan fingerprint density at radius 3 is 0.862 bits per heavy atom. The van der Waals surface area contributed by atoms with E-state index in [4.69, 9.17) is 28.4 Å². The fourth-order valence-electron chi connectivity index (χ4n) is 16.9. The van der Waals surface area contributed by atoms with E-state index in [0.717, 1.165) is 38.5 Å². The number of nitrogens with one attached hydrogen (secondary N) is 1. The summed E-state index contributed by atoms with van der Waals surface area (Å²) in [6, 6.07) is -0.991. The van der Waals surface area contributed by atoms with Crippen molar-refractivity contribution in [1.82, 2.24) is 5.32 Å². The van der Waals surface area contributed by atoms with Crippen molar-refractivity contribution in [3.63, 3.8) is 0 Å². The largest absolute Gasteiger partial charge is 0.394 e. The molecule has 0 bridgehead atoms. The minimum absolute atomic E-state index is 0.241. The van der Waals surface area contributed by atoms with Crippen LogP contribution in [0.25, 0.3) is 0 Å². The molecule has 3 heterocycles. The maximum atomic E-state index is 13.5. The molecule has 0 radical (unpaired) electrons. The Bertz CT molecular complexity index is 2230. The number of amides is 1. The third kappa shape index (κ3) is 53.9. The van der Waals surface area contributed by atoms with Crippen LogP contribution in [0.5, 0.6) is 0 Å². The predicted octanol–water partition coefficient (Wildman–Crippen LogP) is 20.1. The van der Waals surface area contributed by atoms with E-state index in [1.165, 1.54) is 372 Å². The fourth-order valence-corrected chi connectivity index (χ4v) is 16.9. The molecule has 3 fully saturated rings. The highest BCUT2D eigenvalue weighted by molar-refractivity contribution is 5.76. The number of aliphatic hydroxyl groups excluding tert-OH is 11. The lowest BCUT2D eigenvalue weighted by Gasteiger charge is -2.48. The topological polar surface area (TPSA) is 307 Å². The Morgan fingerprint density at radius 2 is 0.552 bits per heavy atom. The van der Waals surface area contributed by atoms with Crippen molar-refractivity contribution in [2.75, 3.05) is 26.4 Å². The van der Waals surface area contributed by atoms with E-state index in [2.05, 4.69) is 43.5 Å². The lowest BCUT2D eigenvalue weighted by atomic mass is 9.96. The van der Waals surface area contributed by atoms with E-state index in [0.29, 0.717) is 12.8 Å². The van der Waals surface area contributed by atoms with Crippen molar-refractivity contribution in [3.8, 4) is 0 Å². The van der Waals surface area contributed by atoms with Crippen molar-refractivity contribution >= 4 is 5.91 Å². The van der Waals surface area contributed by atoms with Crippen LogP contribution in [0.2, 0.25) is 0 Å². The molecule has 684 valence electrons. The van der Waals surface area contributed by atoms with Crippen molar-refractivity contribution < 1.29 is 89.4 Å². The molecular formula is C97H183NO18. The zero-order chi connectivity index (χ0) is 83.8. The van der Waals surface area contributed by atoms with Gasteiger partial charge in [-0.05, 0) is 57.8 Å². The zero-order valence-electron chi connectivity index (χ0n) is 74.3. The Labute approximate surface area is 708 Å². The van der Waals surface area contributed by atoms with Gasteiger partial charge < -0.3 is 89.9 Å². The molecule has 0 aromatic carbocycles. The lowest BCUT2D eigenvalue weighted by molar-refractivity contribution is -0.379. The number of carbonyl (C=O) groups is 1. The highest BCUT2D eigenvalue weighted by atomic mass is 16.8. The van der Waals surface area contributed by atoms with Crippen LogP contribution in [-0.4, -0.2) is 193 Å². The van der Waals surface area contributed by atoms with Gasteiger partial charge in [0.1, 0.15) is 73.2 Å². The van der Waals surface area contributed by atoms with Crippen molar-refractivity contribution in [2.45, 2.75) is 548 Å². The van der Waals surface area contributed by atoms with Crippen LogP contribution in [0.4, 0.5) is 0 Å². The van der Waals surface area contributed by atoms with Crippen molar-refractivity contribution in [3.05, 3.63) is 36.5 Å². The summed E-state index contributed by atoms with van der Waals surface area (Å²) < 4.78 is 34.6. The van der Waals surface area contributed by atoms with Gasteiger partial charge in [0.05, 0.1) is 38.6 Å². The summed E-state index contributed by atoms with van der Waals surface area (Å²) in [5.41, 5.74) is 0. The fraction of sp³-hybridized carbons (Fsp3) is 0.928. The van der Waals surface area contributed by atoms with Gasteiger partial charge in [0.15, 0.2) is 18.9 Å². The number of allylic oxidation sites excluding steroid dienone is 5. The van der Waals surface area contributed by atoms with E-state index in [1.807, 2.05) is 6.08 Å². The molecule has 116 heavy (non-hydrogen) atoms. The third-order valence-corrected chi connectivity index (χ3v) is 24.7. The first-order chi connectivity index (χ1) is 56.8. The molecule has 3 saturated heterocycles. The number of hydrogen-bond acceptors (Lipinski definition) is 18. The Balaban J connectivity index is 1.29. The van der Waals surface area contributed by atoms with Gasteiger partial charge in [0.2, 0.25) is 5.91 Å². The molecular weight excluding hydrogens is 1470 g/mol. The molecule has 1 amide bonds. The van der Waals surface area contributed by atoms with Crippen LogP contribution in [0.3, 0.4) is 0 Å². The number of hydrogen-bond donors (Lipinski definition) is 12. The van der Waals surface area contributed by atoms with Gasteiger partial charge in [-0.25, -0.2) is 0 Å². The third-order valence-electron chi connectivity index (χ3n) is 24.7. The number of ether oxygens (including phenoxy) is 6. The summed E-state index contributed by atoms with van der Waals surface area (Å²) >= 11 is 0. The van der Waals surface area contributed by atoms with Crippen LogP contribution in [0.15, 0.2) is 36.5 Å². The molecule has 0 saturated carbocycles. The quantitative estimate of drug-likeness (QED) is 0.0199. The van der Waals surface area contributed by atoms with Gasteiger partial charge >= 0.3 is 0 Å². The molecule has 0 aromatic heterocycles.